The van der Waals surface area contributed by atoms with Gasteiger partial charge in [0, 0.05) is 18.1 Å². The van der Waals surface area contributed by atoms with Gasteiger partial charge in [-0.2, -0.15) is 0 Å². The molecule has 1 aliphatic heterocycles. The van der Waals surface area contributed by atoms with Crippen molar-refractivity contribution in [2.24, 2.45) is 5.73 Å². The molecule has 3 aromatic carbocycles. The molecule has 0 spiro atoms. The second-order valence-corrected chi connectivity index (χ2v) is 8.08. The Labute approximate surface area is 182 Å². The van der Waals surface area contributed by atoms with Gasteiger partial charge < -0.3 is 10.6 Å². The smallest absolute Gasteiger partial charge is 0.240 e. The number of nitrogens with two attached hydrogens (primary N) is 1. The summed E-state index contributed by atoms with van der Waals surface area (Å²) in [4.78, 5) is 14.6. The predicted octanol–water partition coefficient (Wildman–Crippen LogP) is 5.19. The summed E-state index contributed by atoms with van der Waals surface area (Å²) >= 11 is 5.93. The first kappa shape index (κ1) is 20.4. The Morgan fingerprint density at radius 3 is 2.33 bits per heavy atom. The standard InChI is InChI=1S/C26H25ClN2O/c27-24-11-9-19(10-12-24)17-25(28)26(30)29-15-13-21(14-16-29)23-8-4-7-22(18-23)20-5-2-1-3-6-20/h1-13,18,25H,14-17,28H2/t25-/m1/s1. The predicted molar refractivity (Wildman–Crippen MR) is 124 cm³/mol. The Morgan fingerprint density at radius 1 is 0.933 bits per heavy atom. The maximum absolute atomic E-state index is 12.8. The van der Waals surface area contributed by atoms with Crippen molar-refractivity contribution in [3.05, 3.63) is 101 Å². The second-order valence-electron chi connectivity index (χ2n) is 7.65. The molecule has 1 aliphatic rings. The van der Waals surface area contributed by atoms with E-state index in [4.69, 9.17) is 17.3 Å². The number of benzene rings is 3. The third-order valence-corrected chi connectivity index (χ3v) is 5.80. The fraction of sp³-hybridized carbons (Fsp3) is 0.192. The zero-order chi connectivity index (χ0) is 20.9. The molecule has 4 heteroatoms. The highest BCUT2D eigenvalue weighted by molar-refractivity contribution is 6.30. The van der Waals surface area contributed by atoms with E-state index in [-0.39, 0.29) is 5.91 Å². The quantitative estimate of drug-likeness (QED) is 0.621. The molecule has 3 nitrogen and oxygen atoms in total. The highest BCUT2D eigenvalue weighted by Gasteiger charge is 2.23. The Kier molecular flexibility index (Phi) is 6.32. The van der Waals surface area contributed by atoms with Gasteiger partial charge in [0.25, 0.3) is 0 Å². The number of carbonyl (C=O) groups is 1. The lowest BCUT2D eigenvalue weighted by atomic mass is 9.95. The molecule has 30 heavy (non-hydrogen) atoms. The highest BCUT2D eigenvalue weighted by atomic mass is 35.5. The van der Waals surface area contributed by atoms with Gasteiger partial charge in [0.15, 0.2) is 0 Å². The molecule has 1 atom stereocenters. The van der Waals surface area contributed by atoms with E-state index < -0.39 is 6.04 Å². The fourth-order valence-corrected chi connectivity index (χ4v) is 3.98. The van der Waals surface area contributed by atoms with Crippen molar-refractivity contribution in [3.63, 3.8) is 0 Å². The van der Waals surface area contributed by atoms with E-state index in [2.05, 4.69) is 54.6 Å². The van der Waals surface area contributed by atoms with Gasteiger partial charge in [-0.15, -0.1) is 0 Å². The molecule has 0 bridgehead atoms. The minimum atomic E-state index is -0.539. The van der Waals surface area contributed by atoms with Gasteiger partial charge in [0.1, 0.15) is 0 Å². The molecule has 1 amide bonds. The Morgan fingerprint density at radius 2 is 1.63 bits per heavy atom. The fourth-order valence-electron chi connectivity index (χ4n) is 3.86. The van der Waals surface area contributed by atoms with E-state index >= 15 is 0 Å². The summed E-state index contributed by atoms with van der Waals surface area (Å²) in [6.45, 7) is 1.28. The lowest BCUT2D eigenvalue weighted by Crippen LogP contribution is -2.46. The van der Waals surface area contributed by atoms with E-state index in [0.717, 1.165) is 12.0 Å². The third kappa shape index (κ3) is 4.81. The van der Waals surface area contributed by atoms with Crippen molar-refractivity contribution >= 4 is 23.1 Å². The van der Waals surface area contributed by atoms with Gasteiger partial charge in [-0.05, 0) is 58.9 Å². The average Bonchev–Trinajstić information content (AvgIpc) is 2.81. The Bertz CT molecular complexity index is 1040. The minimum absolute atomic E-state index is 0.00159. The number of hydrogen-bond donors (Lipinski definition) is 1. The number of rotatable bonds is 5. The maximum Gasteiger partial charge on any atom is 0.240 e. The van der Waals surface area contributed by atoms with Crippen molar-refractivity contribution in [1.82, 2.24) is 4.90 Å². The third-order valence-electron chi connectivity index (χ3n) is 5.55. The largest absolute Gasteiger partial charge is 0.337 e. The van der Waals surface area contributed by atoms with E-state index in [9.17, 15) is 4.79 Å². The van der Waals surface area contributed by atoms with Crippen LogP contribution in [0.1, 0.15) is 17.5 Å². The molecule has 0 unspecified atom stereocenters. The van der Waals surface area contributed by atoms with Gasteiger partial charge in [0.2, 0.25) is 5.91 Å². The normalized spacial score (nSPS) is 14.9. The van der Waals surface area contributed by atoms with Gasteiger partial charge >= 0.3 is 0 Å². The number of halogens is 1. The summed E-state index contributed by atoms with van der Waals surface area (Å²) in [5.41, 5.74) is 12.1. The lowest BCUT2D eigenvalue weighted by molar-refractivity contribution is -0.132. The Balaban J connectivity index is 1.41. The molecule has 0 radical (unpaired) electrons. The van der Waals surface area contributed by atoms with Crippen molar-refractivity contribution in [1.29, 1.82) is 0 Å². The molecule has 0 saturated carbocycles. The topological polar surface area (TPSA) is 46.3 Å². The van der Waals surface area contributed by atoms with Crippen LogP contribution >= 0.6 is 11.6 Å². The molecule has 0 fully saturated rings. The molecule has 0 aromatic heterocycles. The molecule has 0 aliphatic carbocycles. The number of amides is 1. The van der Waals surface area contributed by atoms with E-state index in [0.29, 0.717) is 24.5 Å². The molecule has 1 heterocycles. The molecule has 152 valence electrons. The van der Waals surface area contributed by atoms with Crippen LogP contribution in [0.3, 0.4) is 0 Å². The van der Waals surface area contributed by atoms with Crippen molar-refractivity contribution in [2.45, 2.75) is 18.9 Å². The average molecular weight is 417 g/mol. The summed E-state index contributed by atoms with van der Waals surface area (Å²) in [5.74, 6) is -0.00159. The van der Waals surface area contributed by atoms with Crippen LogP contribution in [0.15, 0.2) is 84.9 Å². The Hall–Kier alpha value is -2.88. The van der Waals surface area contributed by atoms with Crippen LogP contribution < -0.4 is 5.73 Å². The first-order chi connectivity index (χ1) is 14.6. The monoisotopic (exact) mass is 416 g/mol. The van der Waals surface area contributed by atoms with Crippen LogP contribution in [-0.4, -0.2) is 29.9 Å². The van der Waals surface area contributed by atoms with Crippen LogP contribution in [0.25, 0.3) is 16.7 Å². The molecular formula is C26H25ClN2O. The van der Waals surface area contributed by atoms with Crippen molar-refractivity contribution < 1.29 is 4.79 Å². The first-order valence-electron chi connectivity index (χ1n) is 10.2. The van der Waals surface area contributed by atoms with Crippen LogP contribution in [0.5, 0.6) is 0 Å². The van der Waals surface area contributed by atoms with Crippen molar-refractivity contribution in [2.75, 3.05) is 13.1 Å². The number of hydrogen-bond acceptors (Lipinski definition) is 2. The summed E-state index contributed by atoms with van der Waals surface area (Å²) < 4.78 is 0. The van der Waals surface area contributed by atoms with E-state index in [1.54, 1.807) is 0 Å². The zero-order valence-electron chi connectivity index (χ0n) is 16.8. The van der Waals surface area contributed by atoms with Crippen LogP contribution in [-0.2, 0) is 11.2 Å². The van der Waals surface area contributed by atoms with E-state index in [1.165, 1.54) is 22.3 Å². The van der Waals surface area contributed by atoms with Gasteiger partial charge in [0.05, 0.1) is 6.04 Å². The molecule has 4 rings (SSSR count). The van der Waals surface area contributed by atoms with Gasteiger partial charge in [-0.1, -0.05) is 78.3 Å². The van der Waals surface area contributed by atoms with Crippen molar-refractivity contribution in [3.8, 4) is 11.1 Å². The summed E-state index contributed by atoms with van der Waals surface area (Å²) in [7, 11) is 0. The van der Waals surface area contributed by atoms with Crippen LogP contribution in [0, 0.1) is 0 Å². The number of nitrogens with zero attached hydrogens (tertiary/aromatic N) is 1. The summed E-state index contributed by atoms with van der Waals surface area (Å²) in [6.07, 6.45) is 3.50. The minimum Gasteiger partial charge on any atom is -0.337 e. The summed E-state index contributed by atoms with van der Waals surface area (Å²) in [6, 6.07) is 25.9. The van der Waals surface area contributed by atoms with E-state index in [1.807, 2.05) is 35.2 Å². The first-order valence-corrected chi connectivity index (χ1v) is 10.6. The van der Waals surface area contributed by atoms with Crippen LogP contribution in [0.2, 0.25) is 5.02 Å². The SMILES string of the molecule is N[C@H](Cc1ccc(Cl)cc1)C(=O)N1CC=C(c2cccc(-c3ccccc3)c2)CC1. The second kappa shape index (κ2) is 9.29. The molecule has 3 aromatic rings. The lowest BCUT2D eigenvalue weighted by Gasteiger charge is -2.29. The van der Waals surface area contributed by atoms with Crippen LogP contribution in [0.4, 0.5) is 0 Å². The zero-order valence-corrected chi connectivity index (χ0v) is 17.6. The molecule has 2 N–H and O–H groups in total. The maximum atomic E-state index is 12.8. The van der Waals surface area contributed by atoms with Gasteiger partial charge in [-0.25, -0.2) is 0 Å². The summed E-state index contributed by atoms with van der Waals surface area (Å²) in [5, 5.41) is 0.684. The highest BCUT2D eigenvalue weighted by Crippen LogP contribution is 2.27. The van der Waals surface area contributed by atoms with Gasteiger partial charge in [-0.3, -0.25) is 4.79 Å². The number of carbonyl (C=O) groups excluding carboxylic acids is 1. The molecular weight excluding hydrogens is 392 g/mol. The molecule has 0 saturated heterocycles.